The van der Waals surface area contributed by atoms with Crippen molar-refractivity contribution >= 4 is 17.5 Å². The van der Waals surface area contributed by atoms with Crippen molar-refractivity contribution in [3.63, 3.8) is 0 Å². The Morgan fingerprint density at radius 1 is 0.889 bits per heavy atom. The van der Waals surface area contributed by atoms with Crippen molar-refractivity contribution in [3.8, 4) is 5.75 Å². The third kappa shape index (κ3) is 6.11. The lowest BCUT2D eigenvalue weighted by Crippen LogP contribution is -2.26. The molecule has 0 unspecified atom stereocenters. The molecule has 0 heterocycles. The Bertz CT molecular complexity index is 761. The van der Waals surface area contributed by atoms with Gasteiger partial charge in [0, 0.05) is 13.2 Å². The summed E-state index contributed by atoms with van der Waals surface area (Å²) in [5, 5.41) is 5.64. The molecule has 0 fully saturated rings. The number of hydrogen-bond acceptors (Lipinski definition) is 4. The summed E-state index contributed by atoms with van der Waals surface area (Å²) in [5.41, 5.74) is 1.28. The van der Waals surface area contributed by atoms with Crippen LogP contribution in [0.4, 0.5) is 5.69 Å². The Hall–Kier alpha value is -2.86. The van der Waals surface area contributed by atoms with E-state index in [1.165, 1.54) is 0 Å². The summed E-state index contributed by atoms with van der Waals surface area (Å²) in [5.74, 6) is -0.0747. The van der Waals surface area contributed by atoms with E-state index in [-0.39, 0.29) is 11.8 Å². The first-order valence-corrected chi connectivity index (χ1v) is 9.15. The van der Waals surface area contributed by atoms with E-state index in [1.807, 2.05) is 13.8 Å². The van der Waals surface area contributed by atoms with Gasteiger partial charge in [-0.1, -0.05) is 31.2 Å². The second-order valence-corrected chi connectivity index (χ2v) is 5.80. The highest BCUT2D eigenvalue weighted by atomic mass is 16.5. The maximum absolute atomic E-state index is 12.8. The predicted octanol–water partition coefficient (Wildman–Crippen LogP) is 3.49. The van der Waals surface area contributed by atoms with Gasteiger partial charge in [-0.3, -0.25) is 9.59 Å². The van der Waals surface area contributed by atoms with E-state index in [9.17, 15) is 9.59 Å². The number of nitrogens with one attached hydrogen (secondary N) is 2. The van der Waals surface area contributed by atoms with Crippen LogP contribution in [0.15, 0.2) is 48.5 Å². The minimum Gasteiger partial charge on any atom is -0.490 e. The van der Waals surface area contributed by atoms with E-state index < -0.39 is 0 Å². The number of rotatable bonds is 10. The third-order valence-electron chi connectivity index (χ3n) is 3.78. The van der Waals surface area contributed by atoms with Crippen LogP contribution >= 0.6 is 0 Å². The van der Waals surface area contributed by atoms with E-state index >= 15 is 0 Å². The molecule has 2 aromatic carbocycles. The molecule has 0 radical (unpaired) electrons. The van der Waals surface area contributed by atoms with Crippen LogP contribution in [0.3, 0.4) is 0 Å². The first-order valence-electron chi connectivity index (χ1n) is 9.15. The number of carbonyl (C=O) groups excluding carboxylic acids is 2. The van der Waals surface area contributed by atoms with Gasteiger partial charge < -0.3 is 20.1 Å². The van der Waals surface area contributed by atoms with Gasteiger partial charge in [-0.15, -0.1) is 0 Å². The van der Waals surface area contributed by atoms with E-state index in [0.717, 1.165) is 6.42 Å². The Kier molecular flexibility index (Phi) is 8.32. The topological polar surface area (TPSA) is 76.7 Å². The van der Waals surface area contributed by atoms with Gasteiger partial charge in [-0.05, 0) is 37.6 Å². The number of para-hydroxylation sites is 2. The summed E-state index contributed by atoms with van der Waals surface area (Å²) in [6, 6.07) is 13.9. The second-order valence-electron chi connectivity index (χ2n) is 5.80. The van der Waals surface area contributed by atoms with Crippen molar-refractivity contribution in [1.82, 2.24) is 5.32 Å². The SMILES string of the molecule is CCCNC(=O)c1ccccc1NC(=O)c1ccccc1OCCOCC. The quantitative estimate of drug-likeness (QED) is 0.628. The molecule has 2 amide bonds. The third-order valence-corrected chi connectivity index (χ3v) is 3.78. The average molecular weight is 370 g/mol. The van der Waals surface area contributed by atoms with Crippen molar-refractivity contribution in [2.45, 2.75) is 20.3 Å². The second kappa shape index (κ2) is 11.0. The molecule has 0 saturated carbocycles. The van der Waals surface area contributed by atoms with Gasteiger partial charge in [0.2, 0.25) is 0 Å². The lowest BCUT2D eigenvalue weighted by Gasteiger charge is -2.14. The maximum atomic E-state index is 12.8. The number of carbonyl (C=O) groups is 2. The molecule has 2 aromatic rings. The van der Waals surface area contributed by atoms with Crippen molar-refractivity contribution < 1.29 is 19.1 Å². The fourth-order valence-electron chi connectivity index (χ4n) is 2.45. The van der Waals surface area contributed by atoms with E-state index in [1.54, 1.807) is 48.5 Å². The Morgan fingerprint density at radius 3 is 2.33 bits per heavy atom. The molecule has 0 atom stereocenters. The molecule has 0 aliphatic rings. The van der Waals surface area contributed by atoms with Gasteiger partial charge in [-0.25, -0.2) is 0 Å². The molecule has 0 bridgehead atoms. The fraction of sp³-hybridized carbons (Fsp3) is 0.333. The first-order chi connectivity index (χ1) is 13.2. The van der Waals surface area contributed by atoms with Gasteiger partial charge >= 0.3 is 0 Å². The Labute approximate surface area is 159 Å². The number of amides is 2. The highest BCUT2D eigenvalue weighted by Gasteiger charge is 2.16. The van der Waals surface area contributed by atoms with Gasteiger partial charge in [0.15, 0.2) is 0 Å². The largest absolute Gasteiger partial charge is 0.490 e. The number of benzene rings is 2. The summed E-state index contributed by atoms with van der Waals surface area (Å²) >= 11 is 0. The van der Waals surface area contributed by atoms with Crippen LogP contribution in [0.5, 0.6) is 5.75 Å². The zero-order valence-electron chi connectivity index (χ0n) is 15.8. The van der Waals surface area contributed by atoms with E-state index in [0.29, 0.717) is 48.9 Å². The normalized spacial score (nSPS) is 10.3. The monoisotopic (exact) mass is 370 g/mol. The molecule has 2 rings (SSSR count). The maximum Gasteiger partial charge on any atom is 0.259 e. The zero-order valence-corrected chi connectivity index (χ0v) is 15.8. The molecular formula is C21H26N2O4. The molecule has 0 spiro atoms. The number of hydrogen-bond donors (Lipinski definition) is 2. The first kappa shape index (κ1) is 20.5. The van der Waals surface area contributed by atoms with Crippen LogP contribution in [0.1, 0.15) is 41.0 Å². The van der Waals surface area contributed by atoms with E-state index in [2.05, 4.69) is 10.6 Å². The molecule has 144 valence electrons. The van der Waals surface area contributed by atoms with Crippen molar-refractivity contribution in [2.75, 3.05) is 31.7 Å². The molecule has 0 saturated heterocycles. The summed E-state index contributed by atoms with van der Waals surface area (Å²) < 4.78 is 10.9. The van der Waals surface area contributed by atoms with Crippen LogP contribution in [0.25, 0.3) is 0 Å². The van der Waals surface area contributed by atoms with Crippen molar-refractivity contribution in [3.05, 3.63) is 59.7 Å². The molecule has 27 heavy (non-hydrogen) atoms. The summed E-state index contributed by atoms with van der Waals surface area (Å²) in [6.45, 7) is 5.90. The highest BCUT2D eigenvalue weighted by Crippen LogP contribution is 2.21. The van der Waals surface area contributed by atoms with Crippen LogP contribution in [0.2, 0.25) is 0 Å². The Morgan fingerprint density at radius 2 is 1.59 bits per heavy atom. The lowest BCUT2D eigenvalue weighted by molar-refractivity contribution is 0.0954. The Balaban J connectivity index is 2.13. The smallest absolute Gasteiger partial charge is 0.259 e. The lowest BCUT2D eigenvalue weighted by atomic mass is 10.1. The molecule has 0 aromatic heterocycles. The molecule has 6 heteroatoms. The fourth-order valence-corrected chi connectivity index (χ4v) is 2.45. The summed E-state index contributed by atoms with van der Waals surface area (Å²) in [7, 11) is 0. The number of ether oxygens (including phenoxy) is 2. The average Bonchev–Trinajstić information content (AvgIpc) is 2.70. The van der Waals surface area contributed by atoms with E-state index in [4.69, 9.17) is 9.47 Å². The predicted molar refractivity (Wildman–Crippen MR) is 105 cm³/mol. The van der Waals surface area contributed by atoms with Gasteiger partial charge in [0.25, 0.3) is 11.8 Å². The minimum absolute atomic E-state index is 0.214. The van der Waals surface area contributed by atoms with Crippen LogP contribution in [-0.2, 0) is 4.74 Å². The number of anilines is 1. The van der Waals surface area contributed by atoms with Crippen LogP contribution < -0.4 is 15.4 Å². The standard InChI is InChI=1S/C21H26N2O4/c1-3-13-22-20(24)16-9-5-7-11-18(16)23-21(25)17-10-6-8-12-19(17)27-15-14-26-4-2/h5-12H,3-4,13-15H2,1-2H3,(H,22,24)(H,23,25). The van der Waals surface area contributed by atoms with Crippen molar-refractivity contribution in [2.24, 2.45) is 0 Å². The van der Waals surface area contributed by atoms with Crippen molar-refractivity contribution in [1.29, 1.82) is 0 Å². The van der Waals surface area contributed by atoms with Gasteiger partial charge in [0.1, 0.15) is 12.4 Å². The molecule has 0 aliphatic carbocycles. The van der Waals surface area contributed by atoms with Crippen LogP contribution in [-0.4, -0.2) is 38.2 Å². The summed E-state index contributed by atoms with van der Waals surface area (Å²) in [6.07, 6.45) is 0.840. The molecular weight excluding hydrogens is 344 g/mol. The summed E-state index contributed by atoms with van der Waals surface area (Å²) in [4.78, 5) is 25.1. The zero-order chi connectivity index (χ0) is 19.5. The molecule has 2 N–H and O–H groups in total. The minimum atomic E-state index is -0.335. The van der Waals surface area contributed by atoms with Crippen LogP contribution in [0, 0.1) is 0 Å². The highest BCUT2D eigenvalue weighted by molar-refractivity contribution is 6.10. The van der Waals surface area contributed by atoms with Gasteiger partial charge in [0.05, 0.1) is 23.4 Å². The molecule has 6 nitrogen and oxygen atoms in total. The molecule has 0 aliphatic heterocycles. The van der Waals surface area contributed by atoms with Gasteiger partial charge in [-0.2, -0.15) is 0 Å².